The summed E-state index contributed by atoms with van der Waals surface area (Å²) in [6.45, 7) is 5.07. The molecule has 0 saturated heterocycles. The molecule has 2 aromatic carbocycles. The average Bonchev–Trinajstić information content (AvgIpc) is 3.27. The highest BCUT2D eigenvalue weighted by molar-refractivity contribution is 7.92. The van der Waals surface area contributed by atoms with Crippen molar-refractivity contribution in [3.63, 3.8) is 0 Å². The number of sulfonamides is 1. The molecule has 1 heterocycles. The molecule has 1 aliphatic rings. The fourth-order valence-corrected chi connectivity index (χ4v) is 6.95. The van der Waals surface area contributed by atoms with Gasteiger partial charge in [-0.15, -0.1) is 0 Å². The number of hydrogen-bond donors (Lipinski definition) is 2. The summed E-state index contributed by atoms with van der Waals surface area (Å²) in [6.07, 6.45) is 9.76. The second kappa shape index (κ2) is 12.1. The van der Waals surface area contributed by atoms with Crippen molar-refractivity contribution in [1.82, 2.24) is 4.98 Å². The maximum Gasteiger partial charge on any atom is 0.265 e. The maximum atomic E-state index is 13.4. The summed E-state index contributed by atoms with van der Waals surface area (Å²) >= 11 is 1.57. The standard InChI is InChI=1S/C28H37N3O3S2/c1-4-5-9-21-12-15-24(16-13-21)31-36(32,33)26-18-23(14-17-25(26)34-3)27-20(2)30-28(35-27)29-19-22-10-7-6-8-11-22/h12-18,22,31H,4-11,19H2,1-3H3,(H,29,30). The van der Waals surface area contributed by atoms with Crippen LogP contribution in [0.3, 0.4) is 0 Å². The highest BCUT2D eigenvalue weighted by atomic mass is 32.2. The molecule has 0 unspecified atom stereocenters. The summed E-state index contributed by atoms with van der Waals surface area (Å²) < 4.78 is 34.9. The van der Waals surface area contributed by atoms with Crippen LogP contribution in [0.25, 0.3) is 10.4 Å². The van der Waals surface area contributed by atoms with E-state index in [1.807, 2.05) is 37.3 Å². The Labute approximate surface area is 219 Å². The van der Waals surface area contributed by atoms with Gasteiger partial charge in [-0.1, -0.05) is 56.1 Å². The zero-order valence-electron chi connectivity index (χ0n) is 21.5. The Kier molecular flexibility index (Phi) is 8.90. The van der Waals surface area contributed by atoms with E-state index in [2.05, 4.69) is 17.0 Å². The van der Waals surface area contributed by atoms with Crippen LogP contribution in [0.1, 0.15) is 63.1 Å². The molecule has 3 aromatic rings. The number of aromatic nitrogens is 1. The van der Waals surface area contributed by atoms with Gasteiger partial charge in [0.2, 0.25) is 0 Å². The van der Waals surface area contributed by atoms with E-state index in [0.717, 1.165) is 47.1 Å². The second-order valence-electron chi connectivity index (χ2n) is 9.59. The number of methoxy groups -OCH3 is 1. The third kappa shape index (κ3) is 6.59. The highest BCUT2D eigenvalue weighted by Crippen LogP contribution is 2.37. The van der Waals surface area contributed by atoms with E-state index in [1.165, 1.54) is 44.8 Å². The van der Waals surface area contributed by atoms with Gasteiger partial charge in [0.25, 0.3) is 10.0 Å². The summed E-state index contributed by atoms with van der Waals surface area (Å²) in [4.78, 5) is 5.79. The molecule has 6 nitrogen and oxygen atoms in total. The van der Waals surface area contributed by atoms with Crippen LogP contribution < -0.4 is 14.8 Å². The molecule has 1 fully saturated rings. The average molecular weight is 528 g/mol. The van der Waals surface area contributed by atoms with Crippen LogP contribution >= 0.6 is 11.3 Å². The van der Waals surface area contributed by atoms with Crippen molar-refractivity contribution in [2.24, 2.45) is 5.92 Å². The lowest BCUT2D eigenvalue weighted by Crippen LogP contribution is -2.16. The van der Waals surface area contributed by atoms with Crippen LogP contribution in [0.15, 0.2) is 47.4 Å². The first-order valence-corrected chi connectivity index (χ1v) is 15.2. The van der Waals surface area contributed by atoms with Gasteiger partial charge in [-0.3, -0.25) is 4.72 Å². The van der Waals surface area contributed by atoms with Gasteiger partial charge in [0.05, 0.1) is 17.7 Å². The molecule has 1 aliphatic carbocycles. The Morgan fingerprint density at radius 2 is 1.83 bits per heavy atom. The molecular weight excluding hydrogens is 490 g/mol. The summed E-state index contributed by atoms with van der Waals surface area (Å²) in [7, 11) is -2.37. The molecule has 1 aromatic heterocycles. The maximum absolute atomic E-state index is 13.4. The number of aryl methyl sites for hydroxylation is 2. The summed E-state index contributed by atoms with van der Waals surface area (Å²) in [5.74, 6) is 1.01. The minimum atomic E-state index is -3.85. The molecule has 0 atom stereocenters. The van der Waals surface area contributed by atoms with E-state index in [-0.39, 0.29) is 4.90 Å². The van der Waals surface area contributed by atoms with Crippen molar-refractivity contribution >= 4 is 32.2 Å². The van der Waals surface area contributed by atoms with Gasteiger partial charge in [0, 0.05) is 12.2 Å². The van der Waals surface area contributed by atoms with Gasteiger partial charge in [0.1, 0.15) is 10.6 Å². The second-order valence-corrected chi connectivity index (χ2v) is 12.2. The van der Waals surface area contributed by atoms with Crippen LogP contribution in [0.5, 0.6) is 5.75 Å². The molecule has 4 rings (SSSR count). The van der Waals surface area contributed by atoms with E-state index in [4.69, 9.17) is 9.72 Å². The lowest BCUT2D eigenvalue weighted by Gasteiger charge is -2.21. The molecule has 0 radical (unpaired) electrons. The molecule has 0 amide bonds. The normalized spacial score (nSPS) is 14.5. The van der Waals surface area contributed by atoms with E-state index >= 15 is 0 Å². The molecule has 0 spiro atoms. The first-order valence-electron chi connectivity index (χ1n) is 12.9. The Morgan fingerprint density at radius 1 is 1.08 bits per heavy atom. The van der Waals surface area contributed by atoms with Gasteiger partial charge in [-0.25, -0.2) is 13.4 Å². The number of rotatable bonds is 11. The summed E-state index contributed by atoms with van der Waals surface area (Å²) in [6, 6.07) is 12.9. The summed E-state index contributed by atoms with van der Waals surface area (Å²) in [5, 5.41) is 4.40. The lowest BCUT2D eigenvalue weighted by atomic mass is 9.89. The first kappa shape index (κ1) is 26.5. The molecule has 194 valence electrons. The smallest absolute Gasteiger partial charge is 0.265 e. The number of nitrogens with zero attached hydrogens (tertiary/aromatic N) is 1. The van der Waals surface area contributed by atoms with Gasteiger partial charge in [-0.05, 0) is 80.0 Å². The number of anilines is 2. The van der Waals surface area contributed by atoms with Crippen LogP contribution in [0, 0.1) is 12.8 Å². The van der Waals surface area contributed by atoms with Gasteiger partial charge in [0.15, 0.2) is 5.13 Å². The minimum absolute atomic E-state index is 0.113. The van der Waals surface area contributed by atoms with Gasteiger partial charge in [-0.2, -0.15) is 0 Å². The molecule has 36 heavy (non-hydrogen) atoms. The van der Waals surface area contributed by atoms with E-state index in [9.17, 15) is 8.42 Å². The third-order valence-corrected chi connectivity index (χ3v) is 9.37. The predicted octanol–water partition coefficient (Wildman–Crippen LogP) is 7.26. The first-order chi connectivity index (χ1) is 17.4. The SMILES string of the molecule is CCCCc1ccc(NS(=O)(=O)c2cc(-c3sc(NCC4CCCCC4)nc3C)ccc2OC)cc1. The monoisotopic (exact) mass is 527 g/mol. The Bertz CT molecular complexity index is 1250. The number of hydrogen-bond acceptors (Lipinski definition) is 6. The predicted molar refractivity (Wildman–Crippen MR) is 150 cm³/mol. The van der Waals surface area contributed by atoms with E-state index in [0.29, 0.717) is 17.4 Å². The molecule has 8 heteroatoms. The quantitative estimate of drug-likeness (QED) is 0.274. The summed E-state index contributed by atoms with van der Waals surface area (Å²) in [5.41, 5.74) is 3.43. The topological polar surface area (TPSA) is 80.3 Å². The number of thiazole rings is 1. The Balaban J connectivity index is 1.53. The van der Waals surface area contributed by atoms with Crippen LogP contribution in [0.2, 0.25) is 0 Å². The zero-order valence-corrected chi connectivity index (χ0v) is 23.1. The van der Waals surface area contributed by atoms with Crippen LogP contribution in [-0.4, -0.2) is 27.1 Å². The van der Waals surface area contributed by atoms with Crippen LogP contribution in [-0.2, 0) is 16.4 Å². The number of unbranched alkanes of at least 4 members (excludes halogenated alkanes) is 1. The van der Waals surface area contributed by atoms with Crippen LogP contribution in [0.4, 0.5) is 10.8 Å². The Hall–Kier alpha value is -2.58. The largest absolute Gasteiger partial charge is 0.495 e. The number of ether oxygens (including phenoxy) is 1. The Morgan fingerprint density at radius 3 is 2.53 bits per heavy atom. The van der Waals surface area contributed by atoms with Crippen molar-refractivity contribution < 1.29 is 13.2 Å². The molecule has 2 N–H and O–H groups in total. The van der Waals surface area contributed by atoms with E-state index in [1.54, 1.807) is 23.5 Å². The molecular formula is C28H37N3O3S2. The van der Waals surface area contributed by atoms with Crippen molar-refractivity contribution in [2.75, 3.05) is 23.7 Å². The fraction of sp³-hybridized carbons (Fsp3) is 0.464. The zero-order chi connectivity index (χ0) is 25.5. The van der Waals surface area contributed by atoms with Crippen molar-refractivity contribution in [1.29, 1.82) is 0 Å². The molecule has 0 bridgehead atoms. The molecule has 1 saturated carbocycles. The molecule has 0 aliphatic heterocycles. The lowest BCUT2D eigenvalue weighted by molar-refractivity contribution is 0.373. The fourth-order valence-electron chi connectivity index (χ4n) is 4.72. The van der Waals surface area contributed by atoms with Crippen molar-refractivity contribution in [3.05, 3.63) is 53.7 Å². The minimum Gasteiger partial charge on any atom is -0.495 e. The number of nitrogens with one attached hydrogen (secondary N) is 2. The number of benzene rings is 2. The van der Waals surface area contributed by atoms with E-state index < -0.39 is 10.0 Å². The third-order valence-electron chi connectivity index (χ3n) is 6.80. The van der Waals surface area contributed by atoms with Gasteiger partial charge >= 0.3 is 0 Å². The highest BCUT2D eigenvalue weighted by Gasteiger charge is 2.22. The van der Waals surface area contributed by atoms with Crippen molar-refractivity contribution in [2.45, 2.75) is 70.1 Å². The van der Waals surface area contributed by atoms with Gasteiger partial charge < -0.3 is 10.1 Å². The van der Waals surface area contributed by atoms with Crippen molar-refractivity contribution in [3.8, 4) is 16.2 Å².